The van der Waals surface area contributed by atoms with E-state index in [4.69, 9.17) is 9.47 Å². The number of carbonyl (C=O) groups excluding carboxylic acids is 1. The first-order valence-electron chi connectivity index (χ1n) is 11.7. The molecule has 154 valence electrons. The van der Waals surface area contributed by atoms with E-state index in [0.29, 0.717) is 5.92 Å². The van der Waals surface area contributed by atoms with Crippen molar-refractivity contribution >= 4 is 5.97 Å². The third-order valence-electron chi connectivity index (χ3n) is 8.44. The van der Waals surface area contributed by atoms with E-state index < -0.39 is 5.41 Å². The van der Waals surface area contributed by atoms with E-state index >= 15 is 0 Å². The fourth-order valence-electron chi connectivity index (χ4n) is 6.78. The molecule has 0 aromatic carbocycles. The molecule has 0 aromatic heterocycles. The van der Waals surface area contributed by atoms with Gasteiger partial charge in [0.1, 0.15) is 0 Å². The lowest BCUT2D eigenvalue weighted by atomic mass is 9.49. The first-order chi connectivity index (χ1) is 12.9. The van der Waals surface area contributed by atoms with Crippen LogP contribution >= 0.6 is 0 Å². The van der Waals surface area contributed by atoms with Crippen LogP contribution < -0.4 is 0 Å². The predicted molar refractivity (Wildman–Crippen MR) is 107 cm³/mol. The summed E-state index contributed by atoms with van der Waals surface area (Å²) in [6.07, 6.45) is 15.0. The van der Waals surface area contributed by atoms with Gasteiger partial charge in [0.15, 0.2) is 0 Å². The SMILES string of the molecule is CCC(C)(C)C(=O)OC(OCC1CCCCC1)C12CC3CC(CC(C3)C1)C2. The molecule has 27 heavy (non-hydrogen) atoms. The minimum absolute atomic E-state index is 0.0608. The van der Waals surface area contributed by atoms with E-state index in [2.05, 4.69) is 6.92 Å². The second kappa shape index (κ2) is 7.69. The smallest absolute Gasteiger partial charge is 0.313 e. The third-order valence-corrected chi connectivity index (χ3v) is 8.44. The summed E-state index contributed by atoms with van der Waals surface area (Å²) < 4.78 is 12.8. The monoisotopic (exact) mass is 376 g/mol. The highest BCUT2D eigenvalue weighted by Gasteiger charge is 2.56. The number of hydrogen-bond donors (Lipinski definition) is 0. The van der Waals surface area contributed by atoms with Crippen LogP contribution in [-0.4, -0.2) is 18.9 Å². The van der Waals surface area contributed by atoms with Crippen LogP contribution in [0.25, 0.3) is 0 Å². The van der Waals surface area contributed by atoms with E-state index in [1.165, 1.54) is 70.6 Å². The topological polar surface area (TPSA) is 35.5 Å². The number of ether oxygens (including phenoxy) is 2. The Bertz CT molecular complexity index is 496. The number of hydrogen-bond acceptors (Lipinski definition) is 3. The van der Waals surface area contributed by atoms with Crippen LogP contribution in [0.15, 0.2) is 0 Å². The van der Waals surface area contributed by atoms with Crippen LogP contribution in [0.1, 0.15) is 97.8 Å². The predicted octanol–water partition coefficient (Wildman–Crippen LogP) is 6.11. The van der Waals surface area contributed by atoms with E-state index in [-0.39, 0.29) is 17.7 Å². The van der Waals surface area contributed by atoms with Crippen molar-refractivity contribution in [3.05, 3.63) is 0 Å². The molecule has 0 aliphatic heterocycles. The molecule has 5 rings (SSSR count). The zero-order valence-corrected chi connectivity index (χ0v) is 17.8. The van der Waals surface area contributed by atoms with Crippen molar-refractivity contribution in [3.63, 3.8) is 0 Å². The van der Waals surface area contributed by atoms with Gasteiger partial charge in [-0.3, -0.25) is 4.79 Å². The quantitative estimate of drug-likeness (QED) is 0.397. The maximum Gasteiger partial charge on any atom is 0.313 e. The van der Waals surface area contributed by atoms with E-state index in [9.17, 15) is 4.79 Å². The number of rotatable bonds is 7. The summed E-state index contributed by atoms with van der Waals surface area (Å²) in [7, 11) is 0. The van der Waals surface area contributed by atoms with Crippen LogP contribution in [0.3, 0.4) is 0 Å². The van der Waals surface area contributed by atoms with Crippen molar-refractivity contribution in [1.29, 1.82) is 0 Å². The number of carbonyl (C=O) groups is 1. The Morgan fingerprint density at radius 3 is 2.07 bits per heavy atom. The maximum absolute atomic E-state index is 12.9. The molecule has 0 amide bonds. The van der Waals surface area contributed by atoms with Crippen LogP contribution in [0.4, 0.5) is 0 Å². The zero-order chi connectivity index (χ0) is 19.1. The Balaban J connectivity index is 1.49. The summed E-state index contributed by atoms with van der Waals surface area (Å²) in [6, 6.07) is 0. The average Bonchev–Trinajstić information content (AvgIpc) is 2.64. The molecule has 3 heteroatoms. The van der Waals surface area contributed by atoms with Crippen molar-refractivity contribution in [2.24, 2.45) is 34.5 Å². The third kappa shape index (κ3) is 4.09. The fourth-order valence-corrected chi connectivity index (χ4v) is 6.78. The molecule has 5 saturated carbocycles. The van der Waals surface area contributed by atoms with E-state index in [1.807, 2.05) is 13.8 Å². The summed E-state index contributed by atoms with van der Waals surface area (Å²) >= 11 is 0. The minimum atomic E-state index is -0.422. The number of esters is 1. The van der Waals surface area contributed by atoms with Gasteiger partial charge in [-0.2, -0.15) is 0 Å². The lowest BCUT2D eigenvalue weighted by Gasteiger charge is -2.58. The second-order valence-electron chi connectivity index (χ2n) is 11.1. The molecule has 1 atom stereocenters. The lowest BCUT2D eigenvalue weighted by Crippen LogP contribution is -2.54. The normalized spacial score (nSPS) is 37.4. The molecular formula is C24H40O3. The summed E-state index contributed by atoms with van der Waals surface area (Å²) in [4.78, 5) is 12.9. The molecule has 5 aliphatic rings. The minimum Gasteiger partial charge on any atom is -0.435 e. The maximum atomic E-state index is 12.9. The Hall–Kier alpha value is -0.570. The molecule has 1 unspecified atom stereocenters. The highest BCUT2D eigenvalue weighted by Crippen LogP contribution is 2.62. The van der Waals surface area contributed by atoms with Gasteiger partial charge in [0.25, 0.3) is 0 Å². The Kier molecular flexibility index (Phi) is 5.62. The lowest BCUT2D eigenvalue weighted by molar-refractivity contribution is -0.253. The molecule has 0 radical (unpaired) electrons. The molecule has 3 nitrogen and oxygen atoms in total. The molecule has 4 bridgehead atoms. The average molecular weight is 377 g/mol. The van der Waals surface area contributed by atoms with Crippen LogP contribution in [0.2, 0.25) is 0 Å². The van der Waals surface area contributed by atoms with Crippen molar-refractivity contribution in [1.82, 2.24) is 0 Å². The fraction of sp³-hybridized carbons (Fsp3) is 0.958. The van der Waals surface area contributed by atoms with E-state index in [0.717, 1.165) is 30.8 Å². The van der Waals surface area contributed by atoms with Gasteiger partial charge in [-0.05, 0) is 95.3 Å². The zero-order valence-electron chi connectivity index (χ0n) is 17.8. The molecule has 0 saturated heterocycles. The van der Waals surface area contributed by atoms with Gasteiger partial charge < -0.3 is 9.47 Å². The summed E-state index contributed by atoms with van der Waals surface area (Å²) in [5, 5.41) is 0. The molecule has 0 spiro atoms. The Morgan fingerprint density at radius 1 is 1.00 bits per heavy atom. The molecule has 0 heterocycles. The molecule has 0 aromatic rings. The van der Waals surface area contributed by atoms with Crippen LogP contribution in [0.5, 0.6) is 0 Å². The van der Waals surface area contributed by atoms with Gasteiger partial charge in [0, 0.05) is 5.41 Å². The van der Waals surface area contributed by atoms with Crippen molar-refractivity contribution in [3.8, 4) is 0 Å². The second-order valence-corrected chi connectivity index (χ2v) is 11.1. The summed E-state index contributed by atoms with van der Waals surface area (Å²) in [6.45, 7) is 6.87. The van der Waals surface area contributed by atoms with Crippen molar-refractivity contribution < 1.29 is 14.3 Å². The molecule has 5 fully saturated rings. The van der Waals surface area contributed by atoms with Gasteiger partial charge >= 0.3 is 5.97 Å². The standard InChI is InChI=1S/C24H40O3/c1-4-23(2,3)21(25)27-22(26-16-17-8-6-5-7-9-17)24-13-18-10-19(14-24)12-20(11-18)15-24/h17-20,22H,4-16H2,1-3H3. The summed E-state index contributed by atoms with van der Waals surface area (Å²) in [5.41, 5.74) is -0.322. The van der Waals surface area contributed by atoms with Crippen LogP contribution in [-0.2, 0) is 14.3 Å². The van der Waals surface area contributed by atoms with Crippen LogP contribution in [0, 0.1) is 34.5 Å². The molecular weight excluding hydrogens is 336 g/mol. The molecule has 0 N–H and O–H groups in total. The Labute approximate surface area is 165 Å². The first kappa shape index (κ1) is 19.7. The largest absolute Gasteiger partial charge is 0.435 e. The highest BCUT2D eigenvalue weighted by molar-refractivity contribution is 5.76. The Morgan fingerprint density at radius 2 is 1.56 bits per heavy atom. The van der Waals surface area contributed by atoms with Gasteiger partial charge in [0.2, 0.25) is 6.29 Å². The van der Waals surface area contributed by atoms with Gasteiger partial charge in [0.05, 0.1) is 12.0 Å². The van der Waals surface area contributed by atoms with Gasteiger partial charge in [-0.15, -0.1) is 0 Å². The first-order valence-corrected chi connectivity index (χ1v) is 11.7. The van der Waals surface area contributed by atoms with E-state index in [1.54, 1.807) is 0 Å². The van der Waals surface area contributed by atoms with Gasteiger partial charge in [-0.1, -0.05) is 26.2 Å². The highest BCUT2D eigenvalue weighted by atomic mass is 16.7. The van der Waals surface area contributed by atoms with Crippen molar-refractivity contribution in [2.75, 3.05) is 6.61 Å². The van der Waals surface area contributed by atoms with Gasteiger partial charge in [-0.25, -0.2) is 0 Å². The molecule has 5 aliphatic carbocycles. The van der Waals surface area contributed by atoms with Crippen molar-refractivity contribution in [2.45, 2.75) is 104 Å². The summed E-state index contributed by atoms with van der Waals surface area (Å²) in [5.74, 6) is 3.13.